The summed E-state index contributed by atoms with van der Waals surface area (Å²) in [5, 5.41) is 12.7. The van der Waals surface area contributed by atoms with Crippen LogP contribution in [0.2, 0.25) is 0 Å². The van der Waals surface area contributed by atoms with Crippen molar-refractivity contribution in [1.29, 1.82) is 0 Å². The van der Waals surface area contributed by atoms with Crippen LogP contribution in [0.15, 0.2) is 18.2 Å². The zero-order valence-corrected chi connectivity index (χ0v) is 34.0. The van der Waals surface area contributed by atoms with E-state index in [0.29, 0.717) is 18.4 Å². The molecule has 2 rings (SSSR count). The van der Waals surface area contributed by atoms with E-state index in [1.807, 2.05) is 0 Å². The average molecular weight is 819 g/mol. The Hall–Kier alpha value is -5.13. The monoisotopic (exact) mass is 818 g/mol. The number of ether oxygens (including phenoxy) is 6. The Bertz CT molecular complexity index is 1600. The summed E-state index contributed by atoms with van der Waals surface area (Å²) in [6.45, 7) is 9.43. The number of esters is 2. The first-order valence-corrected chi connectivity index (χ1v) is 19.1. The van der Waals surface area contributed by atoms with E-state index in [9.17, 15) is 33.6 Å². The second kappa shape index (κ2) is 26.7. The number of nitrogens with two attached hydrogens (primary N) is 1. The molecule has 3 atom stereocenters. The van der Waals surface area contributed by atoms with Gasteiger partial charge in [0.05, 0.1) is 77.4 Å². The second-order valence-electron chi connectivity index (χ2n) is 14.2. The van der Waals surface area contributed by atoms with E-state index in [0.717, 1.165) is 0 Å². The molecule has 7 N–H and O–H groups in total. The smallest absolute Gasteiger partial charge is 0.313 e. The van der Waals surface area contributed by atoms with Crippen molar-refractivity contribution in [1.82, 2.24) is 21.3 Å². The van der Waals surface area contributed by atoms with E-state index in [1.165, 1.54) is 13.0 Å². The van der Waals surface area contributed by atoms with Gasteiger partial charge in [-0.15, -0.1) is 0 Å². The molecule has 1 aliphatic rings. The van der Waals surface area contributed by atoms with Crippen LogP contribution in [0, 0.1) is 17.8 Å². The molecule has 2 unspecified atom stereocenters. The Morgan fingerprint density at radius 1 is 0.828 bits per heavy atom. The van der Waals surface area contributed by atoms with Crippen LogP contribution in [-0.2, 0) is 63.7 Å². The van der Waals surface area contributed by atoms with Crippen molar-refractivity contribution in [3.8, 4) is 17.6 Å². The highest BCUT2D eigenvalue weighted by molar-refractivity contribution is 6.02. The molecule has 0 aliphatic carbocycles. The standard InChI is InChI=1S/C39H58N6O13/c1-26(38(52)58-39(3,4)5)22-29(40)23-28-6-7-31-30(24-28)45-35(49)25-43-37(51)27(2)44-34(48)10-14-53-18-20-55-16-12-41-32(46)8-9-33(47)42-13-17-56-21-19-54-15-11-36(50)57-31/h6-7,24,26-27,29H,10-23,25,40H2,1-5H3,(H,41,46)(H,42,47)(H,43,51)(H,44,48)(H,45,49)/t26?,27?,29-/m1/s1. The van der Waals surface area contributed by atoms with Crippen LogP contribution in [0.1, 0.15) is 59.4 Å². The fourth-order valence-corrected chi connectivity index (χ4v) is 4.94. The summed E-state index contributed by atoms with van der Waals surface area (Å²) in [5.74, 6) is -0.122. The highest BCUT2D eigenvalue weighted by Crippen LogP contribution is 2.27. The molecule has 0 saturated carbocycles. The SMILES string of the molecule is CC(C[C@@H](N)Cc1ccc2c(c1)NC(=O)CNC(=O)C(C)NC(=O)CCOCCOCCNC(=O)C#CC(=O)NCCOCCOCCC(=O)O2)C(=O)OC(C)(C)C. The van der Waals surface area contributed by atoms with Gasteiger partial charge in [0.2, 0.25) is 17.7 Å². The minimum atomic E-state index is -0.973. The molecule has 5 amide bonds. The Balaban J connectivity index is 2.08. The fourth-order valence-electron chi connectivity index (χ4n) is 4.94. The van der Waals surface area contributed by atoms with Crippen molar-refractivity contribution in [2.24, 2.45) is 11.7 Å². The van der Waals surface area contributed by atoms with Gasteiger partial charge in [-0.2, -0.15) is 0 Å². The minimum absolute atomic E-state index is 0.000941. The number of carbonyl (C=O) groups is 7. The van der Waals surface area contributed by atoms with Crippen LogP contribution < -0.4 is 37.1 Å². The number of hydrogen-bond acceptors (Lipinski definition) is 14. The molecule has 1 aromatic carbocycles. The number of fused-ring (bicyclic) bond motifs is 1. The Morgan fingerprint density at radius 3 is 1.98 bits per heavy atom. The maximum absolute atomic E-state index is 13.0. The number of amides is 5. The van der Waals surface area contributed by atoms with E-state index in [-0.39, 0.29) is 96.2 Å². The van der Waals surface area contributed by atoms with Gasteiger partial charge in [-0.1, -0.05) is 13.0 Å². The maximum Gasteiger partial charge on any atom is 0.313 e. The molecule has 322 valence electrons. The lowest BCUT2D eigenvalue weighted by atomic mass is 9.96. The number of hydrogen-bond donors (Lipinski definition) is 6. The molecule has 1 aromatic rings. The lowest BCUT2D eigenvalue weighted by Gasteiger charge is -2.23. The van der Waals surface area contributed by atoms with Crippen LogP contribution in [0.25, 0.3) is 0 Å². The fraction of sp³-hybridized carbons (Fsp3) is 0.615. The summed E-state index contributed by atoms with van der Waals surface area (Å²) in [7, 11) is 0. The highest BCUT2D eigenvalue weighted by Gasteiger charge is 2.24. The third-order valence-electron chi connectivity index (χ3n) is 7.72. The predicted octanol–water partition coefficient (Wildman–Crippen LogP) is -0.515. The second-order valence-corrected chi connectivity index (χ2v) is 14.2. The van der Waals surface area contributed by atoms with Gasteiger partial charge in [0.15, 0.2) is 5.75 Å². The molecule has 0 radical (unpaired) electrons. The molecule has 1 heterocycles. The molecule has 19 heteroatoms. The molecule has 0 bridgehead atoms. The molecule has 0 fully saturated rings. The number of nitrogens with one attached hydrogen (secondary N) is 5. The van der Waals surface area contributed by atoms with E-state index in [2.05, 4.69) is 38.4 Å². The molecule has 0 spiro atoms. The third kappa shape index (κ3) is 22.6. The molecule has 0 aromatic heterocycles. The Kier molecular flexibility index (Phi) is 22.6. The highest BCUT2D eigenvalue weighted by atomic mass is 16.6. The van der Waals surface area contributed by atoms with Gasteiger partial charge < -0.3 is 60.7 Å². The van der Waals surface area contributed by atoms with Gasteiger partial charge in [0, 0.05) is 37.4 Å². The number of rotatable bonds is 5. The van der Waals surface area contributed by atoms with Crippen molar-refractivity contribution >= 4 is 47.2 Å². The molecule has 0 saturated heterocycles. The van der Waals surface area contributed by atoms with E-state index in [1.54, 1.807) is 39.8 Å². The largest absolute Gasteiger partial charge is 0.460 e. The lowest BCUT2D eigenvalue weighted by molar-refractivity contribution is -0.159. The summed E-state index contributed by atoms with van der Waals surface area (Å²) < 4.78 is 32.6. The van der Waals surface area contributed by atoms with E-state index >= 15 is 0 Å². The van der Waals surface area contributed by atoms with Crippen LogP contribution in [0.4, 0.5) is 5.69 Å². The molecule has 19 nitrogen and oxygen atoms in total. The van der Waals surface area contributed by atoms with Gasteiger partial charge in [-0.25, -0.2) is 0 Å². The number of benzene rings is 1. The summed E-state index contributed by atoms with van der Waals surface area (Å²) in [6.07, 6.45) is 0.463. The van der Waals surface area contributed by atoms with Crippen LogP contribution >= 0.6 is 0 Å². The van der Waals surface area contributed by atoms with Crippen molar-refractivity contribution in [2.75, 3.05) is 77.8 Å². The van der Waals surface area contributed by atoms with E-state index < -0.39 is 65.7 Å². The first kappa shape index (κ1) is 49.0. The van der Waals surface area contributed by atoms with E-state index in [4.69, 9.17) is 34.2 Å². The van der Waals surface area contributed by atoms with Crippen molar-refractivity contribution in [2.45, 2.75) is 78.0 Å². The minimum Gasteiger partial charge on any atom is -0.460 e. The summed E-state index contributed by atoms with van der Waals surface area (Å²) in [6, 6.07) is 3.34. The predicted molar refractivity (Wildman–Crippen MR) is 209 cm³/mol. The van der Waals surface area contributed by atoms with Crippen molar-refractivity contribution in [3.63, 3.8) is 0 Å². The quantitative estimate of drug-likeness (QED) is 0.124. The molecule has 1 aliphatic heterocycles. The number of anilines is 1. The van der Waals surface area contributed by atoms with Crippen molar-refractivity contribution < 1.29 is 62.0 Å². The summed E-state index contributed by atoms with van der Waals surface area (Å²) >= 11 is 0. The van der Waals surface area contributed by atoms with Crippen LogP contribution in [0.5, 0.6) is 5.75 Å². The first-order valence-electron chi connectivity index (χ1n) is 19.1. The Morgan fingerprint density at radius 2 is 1.40 bits per heavy atom. The molecular formula is C39H58N6O13. The third-order valence-corrected chi connectivity index (χ3v) is 7.72. The van der Waals surface area contributed by atoms with Crippen molar-refractivity contribution in [3.05, 3.63) is 23.8 Å². The van der Waals surface area contributed by atoms with Crippen LogP contribution in [0.3, 0.4) is 0 Å². The molecular weight excluding hydrogens is 760 g/mol. The Labute approximate surface area is 338 Å². The summed E-state index contributed by atoms with van der Waals surface area (Å²) in [4.78, 5) is 87.0. The van der Waals surface area contributed by atoms with Crippen LogP contribution in [-0.4, -0.2) is 132 Å². The topological polar surface area (TPSA) is 261 Å². The first-order chi connectivity index (χ1) is 27.5. The normalized spacial score (nSPS) is 20.0. The van der Waals surface area contributed by atoms with Gasteiger partial charge in [-0.05, 0) is 58.2 Å². The zero-order valence-electron chi connectivity index (χ0n) is 34.0. The maximum atomic E-state index is 13.0. The number of carbonyl (C=O) groups excluding carboxylic acids is 7. The van der Waals surface area contributed by atoms with Gasteiger partial charge >= 0.3 is 11.9 Å². The lowest BCUT2D eigenvalue weighted by Crippen LogP contribution is -2.46. The molecule has 58 heavy (non-hydrogen) atoms. The van der Waals surface area contributed by atoms with Gasteiger partial charge in [0.25, 0.3) is 11.8 Å². The van der Waals surface area contributed by atoms with Gasteiger partial charge in [0.1, 0.15) is 11.6 Å². The summed E-state index contributed by atoms with van der Waals surface area (Å²) in [5.41, 5.74) is 6.56. The average Bonchev–Trinajstić information content (AvgIpc) is 3.14. The zero-order chi connectivity index (χ0) is 42.9. The van der Waals surface area contributed by atoms with Gasteiger partial charge in [-0.3, -0.25) is 33.6 Å².